The third-order valence-corrected chi connectivity index (χ3v) is 5.33. The Bertz CT molecular complexity index is 590. The first-order valence-electron chi connectivity index (χ1n) is 5.78. The smallest absolute Gasteiger partial charge is 0.322 e. The molecule has 6 nitrogen and oxygen atoms in total. The van der Waals surface area contributed by atoms with Crippen LogP contribution in [0.15, 0.2) is 27.8 Å². The number of halogens is 1. The first kappa shape index (κ1) is 14.4. The average molecular weight is 349 g/mol. The Hall–Kier alpha value is -0.990. The summed E-state index contributed by atoms with van der Waals surface area (Å²) in [4.78, 5) is 15.0. The van der Waals surface area contributed by atoms with Crippen LogP contribution < -0.4 is 0 Å². The maximum Gasteiger partial charge on any atom is 0.322 e. The molecule has 0 amide bonds. The van der Waals surface area contributed by atoms with Gasteiger partial charge in [-0.05, 0) is 41.3 Å². The molecule has 1 fully saturated rings. The molecule has 0 spiro atoms. The van der Waals surface area contributed by atoms with Crippen LogP contribution in [0, 0.1) is 0 Å². The number of carboxylic acids is 1. The fourth-order valence-corrected chi connectivity index (χ4v) is 4.27. The van der Waals surface area contributed by atoms with E-state index in [1.807, 2.05) is 0 Å². The highest BCUT2D eigenvalue weighted by molar-refractivity contribution is 9.10. The van der Waals surface area contributed by atoms with E-state index < -0.39 is 22.0 Å². The average Bonchev–Trinajstić information content (AvgIpc) is 2.38. The molecule has 0 bridgehead atoms. The lowest BCUT2D eigenvalue weighted by Gasteiger charge is -2.31. The molecule has 1 saturated heterocycles. The predicted molar refractivity (Wildman–Crippen MR) is 71.1 cm³/mol. The summed E-state index contributed by atoms with van der Waals surface area (Å²) in [6.07, 6.45) is 4.44. The topological polar surface area (TPSA) is 87.6 Å². The number of hydrogen-bond acceptors (Lipinski definition) is 4. The van der Waals surface area contributed by atoms with Crippen molar-refractivity contribution in [2.75, 3.05) is 6.54 Å². The van der Waals surface area contributed by atoms with E-state index in [2.05, 4.69) is 20.9 Å². The van der Waals surface area contributed by atoms with Crippen molar-refractivity contribution in [3.63, 3.8) is 0 Å². The van der Waals surface area contributed by atoms with Crippen LogP contribution in [0.4, 0.5) is 0 Å². The molecule has 1 aliphatic rings. The number of aliphatic carboxylic acids is 1. The number of hydrogen-bond donors (Lipinski definition) is 1. The second-order valence-electron chi connectivity index (χ2n) is 4.30. The summed E-state index contributed by atoms with van der Waals surface area (Å²) in [5.41, 5.74) is 0. The van der Waals surface area contributed by atoms with Gasteiger partial charge in [0.1, 0.15) is 10.9 Å². The van der Waals surface area contributed by atoms with E-state index in [0.717, 1.165) is 10.7 Å². The lowest BCUT2D eigenvalue weighted by atomic mass is 10.1. The number of aromatic nitrogens is 1. The SMILES string of the molecule is O=C(O)[C@@H]1CCCCN1S(=O)(=O)c1cncc(Br)c1. The van der Waals surface area contributed by atoms with Crippen molar-refractivity contribution in [1.29, 1.82) is 0 Å². The maximum atomic E-state index is 12.5. The third kappa shape index (κ3) is 2.96. The highest BCUT2D eigenvalue weighted by Crippen LogP contribution is 2.26. The fraction of sp³-hybridized carbons (Fsp3) is 0.455. The van der Waals surface area contributed by atoms with Gasteiger partial charge in [-0.15, -0.1) is 0 Å². The maximum absolute atomic E-state index is 12.5. The van der Waals surface area contributed by atoms with Gasteiger partial charge < -0.3 is 5.11 Å². The molecule has 1 aromatic heterocycles. The normalized spacial score (nSPS) is 21.2. The molecule has 0 saturated carbocycles. The third-order valence-electron chi connectivity index (χ3n) is 3.03. The Kier molecular flexibility index (Phi) is 4.22. The summed E-state index contributed by atoms with van der Waals surface area (Å²) < 4.78 is 26.5. The zero-order valence-corrected chi connectivity index (χ0v) is 12.4. The van der Waals surface area contributed by atoms with E-state index in [9.17, 15) is 13.2 Å². The van der Waals surface area contributed by atoms with Crippen LogP contribution >= 0.6 is 15.9 Å². The Balaban J connectivity index is 2.40. The molecule has 1 N–H and O–H groups in total. The van der Waals surface area contributed by atoms with Crippen molar-refractivity contribution in [2.45, 2.75) is 30.2 Å². The Labute approximate surface area is 119 Å². The van der Waals surface area contributed by atoms with Crippen molar-refractivity contribution in [1.82, 2.24) is 9.29 Å². The molecular formula is C11H13BrN2O4S. The summed E-state index contributed by atoms with van der Waals surface area (Å²) in [6.45, 7) is 0.228. The minimum atomic E-state index is -3.82. The number of carbonyl (C=O) groups is 1. The first-order valence-corrected chi connectivity index (χ1v) is 8.01. The second kappa shape index (κ2) is 5.56. The molecule has 0 radical (unpaired) electrons. The number of pyridine rings is 1. The van der Waals surface area contributed by atoms with Crippen molar-refractivity contribution >= 4 is 31.9 Å². The summed E-state index contributed by atoms with van der Waals surface area (Å²) >= 11 is 3.16. The molecule has 0 aromatic carbocycles. The van der Waals surface area contributed by atoms with Crippen LogP contribution in [0.2, 0.25) is 0 Å². The Morgan fingerprint density at radius 1 is 1.42 bits per heavy atom. The zero-order valence-electron chi connectivity index (χ0n) is 9.99. The molecule has 19 heavy (non-hydrogen) atoms. The molecule has 0 unspecified atom stereocenters. The van der Waals surface area contributed by atoms with Crippen molar-refractivity contribution in [3.05, 3.63) is 22.9 Å². The van der Waals surface area contributed by atoms with Crippen LogP contribution in [-0.2, 0) is 14.8 Å². The van der Waals surface area contributed by atoms with Gasteiger partial charge in [0.2, 0.25) is 10.0 Å². The standard InChI is InChI=1S/C11H13BrN2O4S/c12-8-5-9(7-13-6-8)19(17,18)14-4-2-1-3-10(14)11(15)16/h5-7,10H,1-4H2,(H,15,16)/t10-/m0/s1. The number of carboxylic acid groups (broad SMARTS) is 1. The van der Waals surface area contributed by atoms with Gasteiger partial charge in [-0.1, -0.05) is 0 Å². The van der Waals surface area contributed by atoms with Crippen LogP contribution in [0.5, 0.6) is 0 Å². The van der Waals surface area contributed by atoms with Crippen LogP contribution in [0.1, 0.15) is 19.3 Å². The van der Waals surface area contributed by atoms with Gasteiger partial charge in [-0.25, -0.2) is 8.42 Å². The molecule has 1 aliphatic heterocycles. The van der Waals surface area contributed by atoms with Crippen molar-refractivity contribution < 1.29 is 18.3 Å². The first-order chi connectivity index (χ1) is 8.93. The minimum Gasteiger partial charge on any atom is -0.480 e. The molecule has 1 atom stereocenters. The van der Waals surface area contributed by atoms with Gasteiger partial charge in [0, 0.05) is 23.4 Å². The number of piperidine rings is 1. The van der Waals surface area contributed by atoms with Crippen LogP contribution in [-0.4, -0.2) is 41.4 Å². The van der Waals surface area contributed by atoms with Crippen molar-refractivity contribution in [2.24, 2.45) is 0 Å². The number of nitrogens with zero attached hydrogens (tertiary/aromatic N) is 2. The highest BCUT2D eigenvalue weighted by Gasteiger charge is 2.37. The van der Waals surface area contributed by atoms with E-state index >= 15 is 0 Å². The second-order valence-corrected chi connectivity index (χ2v) is 7.11. The highest BCUT2D eigenvalue weighted by atomic mass is 79.9. The van der Waals surface area contributed by atoms with Crippen molar-refractivity contribution in [3.8, 4) is 0 Å². The summed E-state index contributed by atoms with van der Waals surface area (Å²) in [7, 11) is -3.82. The van der Waals surface area contributed by atoms with E-state index in [4.69, 9.17) is 5.11 Å². The van der Waals surface area contributed by atoms with E-state index in [1.54, 1.807) is 0 Å². The molecule has 0 aliphatic carbocycles. The molecule has 8 heteroatoms. The monoisotopic (exact) mass is 348 g/mol. The largest absolute Gasteiger partial charge is 0.480 e. The summed E-state index contributed by atoms with van der Waals surface area (Å²) in [5.74, 6) is -1.11. The van der Waals surface area contributed by atoms with Gasteiger partial charge in [-0.2, -0.15) is 4.31 Å². The lowest BCUT2D eigenvalue weighted by molar-refractivity contribution is -0.142. The summed E-state index contributed by atoms with van der Waals surface area (Å²) in [5, 5.41) is 9.14. The minimum absolute atomic E-state index is 0.00928. The Morgan fingerprint density at radius 2 is 2.16 bits per heavy atom. The van der Waals surface area contributed by atoms with Gasteiger partial charge in [0.15, 0.2) is 0 Å². The molecule has 1 aromatic rings. The van der Waals surface area contributed by atoms with Gasteiger partial charge in [-0.3, -0.25) is 9.78 Å². The lowest BCUT2D eigenvalue weighted by Crippen LogP contribution is -2.47. The number of rotatable bonds is 3. The quantitative estimate of drug-likeness (QED) is 0.893. The Morgan fingerprint density at radius 3 is 2.79 bits per heavy atom. The van der Waals surface area contributed by atoms with Crippen LogP contribution in [0.3, 0.4) is 0 Å². The van der Waals surface area contributed by atoms with E-state index in [0.29, 0.717) is 17.3 Å². The molecule has 104 valence electrons. The molecular weight excluding hydrogens is 336 g/mol. The summed E-state index contributed by atoms with van der Waals surface area (Å²) in [6, 6.07) is 0.438. The van der Waals surface area contributed by atoms with E-state index in [-0.39, 0.29) is 11.4 Å². The zero-order chi connectivity index (χ0) is 14.0. The molecule has 2 heterocycles. The van der Waals surface area contributed by atoms with E-state index in [1.165, 1.54) is 18.5 Å². The molecule has 2 rings (SSSR count). The number of sulfonamides is 1. The predicted octanol–water partition coefficient (Wildman–Crippen LogP) is 1.47. The fourth-order valence-electron chi connectivity index (χ4n) is 2.11. The van der Waals surface area contributed by atoms with Gasteiger partial charge >= 0.3 is 5.97 Å². The van der Waals surface area contributed by atoms with Crippen LogP contribution in [0.25, 0.3) is 0 Å². The van der Waals surface area contributed by atoms with Gasteiger partial charge in [0.25, 0.3) is 0 Å². The van der Waals surface area contributed by atoms with Gasteiger partial charge in [0.05, 0.1) is 0 Å².